The second-order valence-electron chi connectivity index (χ2n) is 9.14. The van der Waals surface area contributed by atoms with Crippen molar-refractivity contribution >= 4 is 22.5 Å². The fourth-order valence-corrected chi connectivity index (χ4v) is 4.97. The Morgan fingerprint density at radius 2 is 1.71 bits per heavy atom. The minimum atomic E-state index is -0.505. The minimum absolute atomic E-state index is 0.0391. The van der Waals surface area contributed by atoms with Crippen LogP contribution in [0.15, 0.2) is 70.9 Å². The topological polar surface area (TPSA) is 97.9 Å². The first kappa shape index (κ1) is 25.3. The molecule has 3 aromatic carbocycles. The number of nitrogens with zero attached hydrogens (tertiary/aromatic N) is 4. The molecular formula is C29H30N4O5. The molecule has 0 spiro atoms. The number of para-hydroxylation sites is 1. The van der Waals surface area contributed by atoms with Gasteiger partial charge in [-0.05, 0) is 66.9 Å². The number of carbonyl (C=O) groups is 1. The van der Waals surface area contributed by atoms with Gasteiger partial charge in [-0.25, -0.2) is 0 Å². The highest BCUT2D eigenvalue weighted by molar-refractivity contribution is 5.97. The Kier molecular flexibility index (Phi) is 7.02. The van der Waals surface area contributed by atoms with Crippen molar-refractivity contribution in [3.05, 3.63) is 77.4 Å². The van der Waals surface area contributed by atoms with Gasteiger partial charge in [-0.2, -0.15) is 0 Å². The lowest BCUT2D eigenvalue weighted by molar-refractivity contribution is 0.0995. The van der Waals surface area contributed by atoms with Crippen LogP contribution in [0.1, 0.15) is 34.5 Å². The summed E-state index contributed by atoms with van der Waals surface area (Å²) in [4.78, 5) is 14.9. The third kappa shape index (κ3) is 4.56. The van der Waals surface area contributed by atoms with Crippen molar-refractivity contribution in [3.8, 4) is 23.1 Å². The molecule has 38 heavy (non-hydrogen) atoms. The van der Waals surface area contributed by atoms with Crippen LogP contribution in [0.2, 0.25) is 0 Å². The molecule has 1 aromatic heterocycles. The maximum atomic E-state index is 12.6. The van der Waals surface area contributed by atoms with Crippen LogP contribution < -0.4 is 14.2 Å². The number of benzene rings is 3. The summed E-state index contributed by atoms with van der Waals surface area (Å²) in [6.45, 7) is 3.37. The number of carbonyl (C=O) groups excluding carboxylic acids is 1. The Morgan fingerprint density at radius 3 is 2.42 bits per heavy atom. The monoisotopic (exact) mass is 514 g/mol. The van der Waals surface area contributed by atoms with Gasteiger partial charge in [-0.15, -0.1) is 10.2 Å². The van der Waals surface area contributed by atoms with E-state index in [0.29, 0.717) is 29.1 Å². The van der Waals surface area contributed by atoms with E-state index in [-0.39, 0.29) is 17.6 Å². The molecule has 1 N–H and O–H groups in total. The number of fused-ring (bicyclic) bond motifs is 2. The van der Waals surface area contributed by atoms with Gasteiger partial charge < -0.3 is 19.3 Å². The van der Waals surface area contributed by atoms with Gasteiger partial charge in [0, 0.05) is 23.5 Å². The molecule has 0 radical (unpaired) electrons. The highest BCUT2D eigenvalue weighted by Gasteiger charge is 2.28. The number of azo groups is 1. The Hall–Kier alpha value is -4.37. The number of hydrogen-bond acceptors (Lipinski definition) is 7. The molecule has 196 valence electrons. The predicted octanol–water partition coefficient (Wildman–Crippen LogP) is 5.87. The summed E-state index contributed by atoms with van der Waals surface area (Å²) in [6.07, 6.45) is 0.836. The van der Waals surface area contributed by atoms with Gasteiger partial charge in [0.25, 0.3) is 5.91 Å². The summed E-state index contributed by atoms with van der Waals surface area (Å²) >= 11 is 0. The largest absolute Gasteiger partial charge is 0.497 e. The highest BCUT2D eigenvalue weighted by atomic mass is 16.5. The first-order valence-electron chi connectivity index (χ1n) is 12.3. The average molecular weight is 515 g/mol. The second kappa shape index (κ2) is 10.5. The van der Waals surface area contributed by atoms with Gasteiger partial charge in [0.1, 0.15) is 5.75 Å². The molecule has 4 aromatic rings. The van der Waals surface area contributed by atoms with Crippen LogP contribution in [-0.4, -0.2) is 48.4 Å². The molecule has 1 aliphatic heterocycles. The Morgan fingerprint density at radius 1 is 1.00 bits per heavy atom. The van der Waals surface area contributed by atoms with E-state index in [4.69, 9.17) is 14.2 Å². The number of aromatic hydroxyl groups is 1. The van der Waals surface area contributed by atoms with Crippen LogP contribution in [0.5, 0.6) is 23.1 Å². The molecular weight excluding hydrogens is 484 g/mol. The second-order valence-corrected chi connectivity index (χ2v) is 9.14. The van der Waals surface area contributed by atoms with Crippen LogP contribution >= 0.6 is 0 Å². The van der Waals surface area contributed by atoms with E-state index >= 15 is 0 Å². The van der Waals surface area contributed by atoms with E-state index in [2.05, 4.69) is 22.1 Å². The van der Waals surface area contributed by atoms with Gasteiger partial charge >= 0.3 is 0 Å². The first-order valence-corrected chi connectivity index (χ1v) is 12.3. The standard InChI is InChI=1S/C29H30N4O5/c1-18-23-16-26(38-4)25(37-3)15-20(23)13-14-32(18)17-33-24-8-6-5-7-22(24)27(29(33)35)30-31-28(34)19-9-11-21(36-2)12-10-19/h5-12,15-16,18,35H,13-14,17H2,1-4H3/t18-/m0/s1. The molecule has 5 rings (SSSR count). The minimum Gasteiger partial charge on any atom is -0.497 e. The molecule has 9 heteroatoms. The quantitative estimate of drug-likeness (QED) is 0.310. The molecule has 0 saturated heterocycles. The lowest BCUT2D eigenvalue weighted by atomic mass is 9.93. The number of ether oxygens (including phenoxy) is 3. The van der Waals surface area contributed by atoms with E-state index in [0.717, 1.165) is 29.8 Å². The molecule has 1 aliphatic rings. The van der Waals surface area contributed by atoms with Gasteiger partial charge in [0.15, 0.2) is 17.2 Å². The van der Waals surface area contributed by atoms with E-state index in [9.17, 15) is 9.90 Å². The fraction of sp³-hybridized carbons (Fsp3) is 0.276. The SMILES string of the molecule is COc1ccc(C(=O)N=Nc2c(O)n(CN3CCc4cc(OC)c(OC)cc4[C@@H]3C)c3ccccc23)cc1. The van der Waals surface area contributed by atoms with E-state index in [1.165, 1.54) is 5.56 Å². The third-order valence-corrected chi connectivity index (χ3v) is 7.13. The maximum Gasteiger partial charge on any atom is 0.295 e. The van der Waals surface area contributed by atoms with Crippen molar-refractivity contribution < 1.29 is 24.1 Å². The van der Waals surface area contributed by atoms with E-state index in [1.54, 1.807) is 45.6 Å². The Balaban J connectivity index is 1.44. The van der Waals surface area contributed by atoms with Crippen molar-refractivity contribution in [2.75, 3.05) is 27.9 Å². The number of rotatable bonds is 7. The van der Waals surface area contributed by atoms with Crippen molar-refractivity contribution in [2.24, 2.45) is 10.2 Å². The van der Waals surface area contributed by atoms with Crippen molar-refractivity contribution in [2.45, 2.75) is 26.1 Å². The molecule has 0 fully saturated rings. The van der Waals surface area contributed by atoms with E-state index in [1.807, 2.05) is 41.0 Å². The number of amides is 1. The summed E-state index contributed by atoms with van der Waals surface area (Å²) in [5.41, 5.74) is 3.83. The van der Waals surface area contributed by atoms with Gasteiger partial charge in [0.05, 0.1) is 33.5 Å². The molecule has 0 bridgehead atoms. The molecule has 2 heterocycles. The van der Waals surface area contributed by atoms with Gasteiger partial charge in [-0.1, -0.05) is 18.2 Å². The van der Waals surface area contributed by atoms with Crippen LogP contribution in [0.25, 0.3) is 10.9 Å². The van der Waals surface area contributed by atoms with Crippen LogP contribution in [-0.2, 0) is 13.1 Å². The lowest BCUT2D eigenvalue weighted by Crippen LogP contribution is -2.35. The normalized spacial score (nSPS) is 15.5. The van der Waals surface area contributed by atoms with Crippen LogP contribution in [0.4, 0.5) is 5.69 Å². The zero-order valence-corrected chi connectivity index (χ0v) is 21.8. The summed E-state index contributed by atoms with van der Waals surface area (Å²) in [5.74, 6) is 1.52. The fourth-order valence-electron chi connectivity index (χ4n) is 4.97. The predicted molar refractivity (Wildman–Crippen MR) is 144 cm³/mol. The Labute approximate surface area is 220 Å². The van der Waals surface area contributed by atoms with Gasteiger partial charge in [-0.3, -0.25) is 14.3 Å². The van der Waals surface area contributed by atoms with Crippen LogP contribution in [0.3, 0.4) is 0 Å². The molecule has 0 aliphatic carbocycles. The summed E-state index contributed by atoms with van der Waals surface area (Å²) in [7, 11) is 4.84. The Bertz CT molecular complexity index is 1510. The zero-order valence-electron chi connectivity index (χ0n) is 21.8. The first-order chi connectivity index (χ1) is 18.4. The highest BCUT2D eigenvalue weighted by Crippen LogP contribution is 2.42. The van der Waals surface area contributed by atoms with Gasteiger partial charge in [0.2, 0.25) is 5.88 Å². The van der Waals surface area contributed by atoms with Crippen molar-refractivity contribution in [1.29, 1.82) is 0 Å². The molecule has 1 amide bonds. The molecule has 0 saturated carbocycles. The number of methoxy groups -OCH3 is 3. The zero-order chi connectivity index (χ0) is 26.8. The third-order valence-electron chi connectivity index (χ3n) is 7.13. The van der Waals surface area contributed by atoms with Crippen molar-refractivity contribution in [3.63, 3.8) is 0 Å². The van der Waals surface area contributed by atoms with Crippen LogP contribution in [0, 0.1) is 0 Å². The lowest BCUT2D eigenvalue weighted by Gasteiger charge is -2.36. The molecule has 1 atom stereocenters. The summed E-state index contributed by atoms with van der Waals surface area (Å²) < 4.78 is 18.0. The average Bonchev–Trinajstić information content (AvgIpc) is 3.22. The number of aromatic nitrogens is 1. The maximum absolute atomic E-state index is 12.6. The van der Waals surface area contributed by atoms with Crippen molar-refractivity contribution in [1.82, 2.24) is 9.47 Å². The smallest absolute Gasteiger partial charge is 0.295 e. The molecule has 9 nitrogen and oxygen atoms in total. The summed E-state index contributed by atoms with van der Waals surface area (Å²) in [5, 5.41) is 20.1. The molecule has 0 unspecified atom stereocenters. The summed E-state index contributed by atoms with van der Waals surface area (Å²) in [6, 6.07) is 18.4. The van der Waals surface area contributed by atoms with E-state index < -0.39 is 5.91 Å². The number of hydrogen-bond donors (Lipinski definition) is 1.